The van der Waals surface area contributed by atoms with Gasteiger partial charge in [-0.05, 0) is 76.1 Å². The van der Waals surface area contributed by atoms with E-state index >= 15 is 0 Å². The van der Waals surface area contributed by atoms with Crippen molar-refractivity contribution in [1.82, 2.24) is 9.47 Å². The summed E-state index contributed by atoms with van der Waals surface area (Å²) in [5.41, 5.74) is 1.94. The average Bonchev–Trinajstić information content (AvgIpc) is 3.34. The SMILES string of the molecule is CCOc1ccc([C@H]2C(C(=O)OC(C)C)=C(C)N=c3s/c(=C\c4ccc(OCC(=O)N5CCOCC5)c(OCC)c4)c(=O)n32)cc1. The smallest absolute Gasteiger partial charge is 0.338 e. The number of fused-ring (bicyclic) bond motifs is 1. The molecule has 5 rings (SSSR count). The zero-order chi connectivity index (χ0) is 32.8. The topological polar surface area (TPSA) is 118 Å². The van der Waals surface area contributed by atoms with Crippen LogP contribution in [0.1, 0.15) is 51.8 Å². The van der Waals surface area contributed by atoms with Gasteiger partial charge in [0, 0.05) is 13.1 Å². The number of esters is 1. The van der Waals surface area contributed by atoms with Crippen LogP contribution >= 0.6 is 11.3 Å². The van der Waals surface area contributed by atoms with Crippen molar-refractivity contribution in [2.45, 2.75) is 46.8 Å². The van der Waals surface area contributed by atoms with E-state index < -0.39 is 12.0 Å². The molecule has 0 radical (unpaired) electrons. The number of benzene rings is 2. The highest BCUT2D eigenvalue weighted by atomic mass is 32.1. The van der Waals surface area contributed by atoms with Gasteiger partial charge in [-0.2, -0.15) is 0 Å². The van der Waals surface area contributed by atoms with Gasteiger partial charge in [0.25, 0.3) is 11.5 Å². The Labute approximate surface area is 271 Å². The zero-order valence-electron chi connectivity index (χ0n) is 26.7. The van der Waals surface area contributed by atoms with E-state index in [0.29, 0.717) is 82.9 Å². The fraction of sp³-hybridized carbons (Fsp3) is 0.412. The third-order valence-electron chi connectivity index (χ3n) is 7.37. The first kappa shape index (κ1) is 33.0. The van der Waals surface area contributed by atoms with Gasteiger partial charge in [-0.15, -0.1) is 0 Å². The molecule has 12 heteroatoms. The molecule has 0 spiro atoms. The predicted molar refractivity (Wildman–Crippen MR) is 173 cm³/mol. The number of carbonyl (C=O) groups excluding carboxylic acids is 2. The Morgan fingerprint density at radius 2 is 1.74 bits per heavy atom. The molecule has 46 heavy (non-hydrogen) atoms. The summed E-state index contributed by atoms with van der Waals surface area (Å²) in [7, 11) is 0. The number of ether oxygens (including phenoxy) is 5. The standard InChI is InChI=1S/C34H39N3O8S/c1-6-42-25-11-9-24(10-12-25)31-30(33(40)45-21(3)4)22(5)35-34-37(31)32(39)28(46-34)19-23-8-13-26(27(18-23)43-7-2)44-20-29(38)36-14-16-41-17-15-36/h8-13,18-19,21,31H,6-7,14-17,20H2,1-5H3/b28-19-/t31-/m0/s1. The van der Waals surface area contributed by atoms with Crippen LogP contribution in [-0.4, -0.2) is 73.6 Å². The molecule has 3 heterocycles. The highest BCUT2D eigenvalue weighted by Crippen LogP contribution is 2.32. The summed E-state index contributed by atoms with van der Waals surface area (Å²) in [6.45, 7) is 12.0. The van der Waals surface area contributed by atoms with Crippen LogP contribution in [0, 0.1) is 0 Å². The molecule has 1 fully saturated rings. The third-order valence-corrected chi connectivity index (χ3v) is 8.35. The normalized spacial score (nSPS) is 16.6. The Balaban J connectivity index is 1.50. The Bertz CT molecular complexity index is 1790. The van der Waals surface area contributed by atoms with Gasteiger partial charge in [0.1, 0.15) is 5.75 Å². The molecule has 0 N–H and O–H groups in total. The number of hydrogen-bond acceptors (Lipinski definition) is 10. The Hall–Kier alpha value is -4.42. The molecule has 11 nitrogen and oxygen atoms in total. The third kappa shape index (κ3) is 7.34. The molecule has 2 aliphatic rings. The van der Waals surface area contributed by atoms with Gasteiger partial charge in [-0.1, -0.05) is 29.5 Å². The van der Waals surface area contributed by atoms with Crippen molar-refractivity contribution in [2.24, 2.45) is 4.99 Å². The summed E-state index contributed by atoms with van der Waals surface area (Å²) in [5.74, 6) is 0.939. The second-order valence-electron chi connectivity index (χ2n) is 11.0. The molecule has 1 atom stereocenters. The molecule has 0 bridgehead atoms. The van der Waals surface area contributed by atoms with Crippen molar-refractivity contribution in [1.29, 1.82) is 0 Å². The molecule has 3 aromatic rings. The Morgan fingerprint density at radius 3 is 2.41 bits per heavy atom. The maximum Gasteiger partial charge on any atom is 0.338 e. The fourth-order valence-corrected chi connectivity index (χ4v) is 6.33. The van der Waals surface area contributed by atoms with Gasteiger partial charge in [0.15, 0.2) is 22.9 Å². The second-order valence-corrected chi connectivity index (χ2v) is 12.0. The zero-order valence-corrected chi connectivity index (χ0v) is 27.6. The number of nitrogens with zero attached hydrogens (tertiary/aromatic N) is 3. The van der Waals surface area contributed by atoms with Crippen molar-refractivity contribution in [3.63, 3.8) is 0 Å². The number of allylic oxidation sites excluding steroid dienone is 1. The Kier molecular flexibility index (Phi) is 10.6. The highest BCUT2D eigenvalue weighted by molar-refractivity contribution is 7.07. The van der Waals surface area contributed by atoms with Crippen LogP contribution in [-0.2, 0) is 19.1 Å². The molecule has 1 amide bonds. The minimum absolute atomic E-state index is 0.120. The lowest BCUT2D eigenvalue weighted by Gasteiger charge is -2.26. The van der Waals surface area contributed by atoms with Crippen LogP contribution < -0.4 is 29.1 Å². The molecule has 2 aliphatic heterocycles. The second kappa shape index (κ2) is 14.8. The monoisotopic (exact) mass is 649 g/mol. The van der Waals surface area contributed by atoms with E-state index in [1.54, 1.807) is 54.5 Å². The first-order chi connectivity index (χ1) is 22.2. The van der Waals surface area contributed by atoms with Gasteiger partial charge in [-0.3, -0.25) is 14.2 Å². The summed E-state index contributed by atoms with van der Waals surface area (Å²) in [4.78, 5) is 46.9. The van der Waals surface area contributed by atoms with E-state index in [-0.39, 0.29) is 24.2 Å². The van der Waals surface area contributed by atoms with Crippen molar-refractivity contribution in [3.8, 4) is 17.2 Å². The number of hydrogen-bond donors (Lipinski definition) is 0. The molecule has 2 aromatic carbocycles. The van der Waals surface area contributed by atoms with E-state index in [9.17, 15) is 14.4 Å². The summed E-state index contributed by atoms with van der Waals surface area (Å²) in [5, 5.41) is 0. The van der Waals surface area contributed by atoms with Crippen molar-refractivity contribution in [2.75, 3.05) is 46.1 Å². The van der Waals surface area contributed by atoms with E-state index in [4.69, 9.17) is 23.7 Å². The number of amides is 1. The number of morpholine rings is 1. The molecule has 1 saturated heterocycles. The van der Waals surface area contributed by atoms with Gasteiger partial charge in [0.05, 0.1) is 54.4 Å². The lowest BCUT2D eigenvalue weighted by Crippen LogP contribution is -2.43. The molecule has 244 valence electrons. The maximum atomic E-state index is 14.0. The van der Waals surface area contributed by atoms with Crippen LogP contribution in [0.15, 0.2) is 63.5 Å². The van der Waals surface area contributed by atoms with Crippen LogP contribution in [0.5, 0.6) is 17.2 Å². The van der Waals surface area contributed by atoms with E-state index in [1.807, 2.05) is 38.1 Å². The summed E-state index contributed by atoms with van der Waals surface area (Å²) < 4.78 is 30.2. The molecule has 1 aromatic heterocycles. The summed E-state index contributed by atoms with van der Waals surface area (Å²) in [6.07, 6.45) is 1.41. The fourth-order valence-electron chi connectivity index (χ4n) is 5.29. The first-order valence-electron chi connectivity index (χ1n) is 15.4. The molecule has 0 unspecified atom stereocenters. The van der Waals surface area contributed by atoms with E-state index in [0.717, 1.165) is 5.56 Å². The maximum absolute atomic E-state index is 14.0. The van der Waals surface area contributed by atoms with Gasteiger partial charge >= 0.3 is 5.97 Å². The summed E-state index contributed by atoms with van der Waals surface area (Å²) >= 11 is 1.24. The first-order valence-corrected chi connectivity index (χ1v) is 16.2. The number of aromatic nitrogens is 1. The number of thiazole rings is 1. The van der Waals surface area contributed by atoms with E-state index in [1.165, 1.54) is 11.3 Å². The van der Waals surface area contributed by atoms with Crippen LogP contribution in [0.25, 0.3) is 6.08 Å². The highest BCUT2D eigenvalue weighted by Gasteiger charge is 2.34. The van der Waals surface area contributed by atoms with Crippen LogP contribution in [0.4, 0.5) is 0 Å². The molecule has 0 aliphatic carbocycles. The Morgan fingerprint density at radius 1 is 1.02 bits per heavy atom. The minimum atomic E-state index is -0.737. The average molecular weight is 650 g/mol. The number of rotatable bonds is 11. The molecular weight excluding hydrogens is 610 g/mol. The van der Waals surface area contributed by atoms with Gasteiger partial charge < -0.3 is 28.6 Å². The predicted octanol–water partition coefficient (Wildman–Crippen LogP) is 3.22. The quantitative estimate of drug-likeness (QED) is 0.291. The van der Waals surface area contributed by atoms with Crippen molar-refractivity contribution in [3.05, 3.63) is 84.5 Å². The van der Waals surface area contributed by atoms with Crippen molar-refractivity contribution < 1.29 is 33.3 Å². The molecule has 0 saturated carbocycles. The van der Waals surface area contributed by atoms with Gasteiger partial charge in [0.2, 0.25) is 0 Å². The van der Waals surface area contributed by atoms with Crippen molar-refractivity contribution >= 4 is 29.3 Å². The lowest BCUT2D eigenvalue weighted by molar-refractivity contribution is -0.143. The van der Waals surface area contributed by atoms with Crippen LogP contribution in [0.3, 0.4) is 0 Å². The largest absolute Gasteiger partial charge is 0.494 e. The lowest BCUT2D eigenvalue weighted by atomic mass is 9.96. The minimum Gasteiger partial charge on any atom is -0.494 e. The van der Waals surface area contributed by atoms with Crippen LogP contribution in [0.2, 0.25) is 0 Å². The van der Waals surface area contributed by atoms with Gasteiger partial charge in [-0.25, -0.2) is 9.79 Å². The summed E-state index contributed by atoms with van der Waals surface area (Å²) in [6, 6.07) is 11.9. The molecular formula is C34H39N3O8S. The number of carbonyl (C=O) groups is 2. The van der Waals surface area contributed by atoms with E-state index in [2.05, 4.69) is 4.99 Å².